The minimum Gasteiger partial charge on any atom is -0.362 e. The summed E-state index contributed by atoms with van der Waals surface area (Å²) in [6.45, 7) is 5.28. The Labute approximate surface area is 115 Å². The molecule has 1 atom stereocenters. The number of hydrogen-bond acceptors (Lipinski definition) is 2. The van der Waals surface area contributed by atoms with Gasteiger partial charge in [-0.25, -0.2) is 0 Å². The first kappa shape index (κ1) is 12.2. The van der Waals surface area contributed by atoms with Gasteiger partial charge in [-0.1, -0.05) is 48.0 Å². The van der Waals surface area contributed by atoms with Crippen molar-refractivity contribution < 1.29 is 0 Å². The highest BCUT2D eigenvalue weighted by Gasteiger charge is 2.23. The monoisotopic (exact) mass is 252 g/mol. The Morgan fingerprint density at radius 1 is 1.05 bits per heavy atom. The molecule has 1 aliphatic rings. The number of rotatable bonds is 2. The molecule has 1 unspecified atom stereocenters. The molecule has 0 saturated carbocycles. The van der Waals surface area contributed by atoms with Crippen molar-refractivity contribution >= 4 is 5.69 Å². The van der Waals surface area contributed by atoms with Crippen LogP contribution >= 0.6 is 0 Å². The van der Waals surface area contributed by atoms with E-state index in [1.54, 1.807) is 0 Å². The van der Waals surface area contributed by atoms with Gasteiger partial charge in [0.2, 0.25) is 0 Å². The maximum atomic E-state index is 3.51. The molecule has 0 aromatic heterocycles. The van der Waals surface area contributed by atoms with Gasteiger partial charge in [0.05, 0.1) is 6.04 Å². The van der Waals surface area contributed by atoms with Crippen LogP contribution in [0.3, 0.4) is 0 Å². The Bertz CT molecular complexity index is 536. The first-order valence-corrected chi connectivity index (χ1v) is 6.93. The molecule has 0 bridgehead atoms. The SMILES string of the molecule is Cc1cccc(C2CNCCN2c2ccccc2)c1. The lowest BCUT2D eigenvalue weighted by molar-refractivity contribution is 0.490. The summed E-state index contributed by atoms with van der Waals surface area (Å²) in [7, 11) is 0. The van der Waals surface area contributed by atoms with E-state index in [9.17, 15) is 0 Å². The van der Waals surface area contributed by atoms with Crippen molar-refractivity contribution in [2.24, 2.45) is 0 Å². The number of piperazine rings is 1. The second-order valence-electron chi connectivity index (χ2n) is 5.16. The van der Waals surface area contributed by atoms with E-state index in [1.165, 1.54) is 16.8 Å². The third-order valence-electron chi connectivity index (χ3n) is 3.76. The second kappa shape index (κ2) is 5.45. The van der Waals surface area contributed by atoms with Gasteiger partial charge in [0.25, 0.3) is 0 Å². The number of anilines is 1. The van der Waals surface area contributed by atoms with Crippen LogP contribution < -0.4 is 10.2 Å². The number of aryl methyl sites for hydroxylation is 1. The Balaban J connectivity index is 1.93. The molecule has 1 aliphatic heterocycles. The molecule has 1 heterocycles. The van der Waals surface area contributed by atoms with E-state index in [1.807, 2.05) is 0 Å². The molecular weight excluding hydrogens is 232 g/mol. The van der Waals surface area contributed by atoms with Crippen LogP contribution in [-0.2, 0) is 0 Å². The fourth-order valence-corrected chi connectivity index (χ4v) is 2.81. The first-order valence-electron chi connectivity index (χ1n) is 6.93. The quantitative estimate of drug-likeness (QED) is 0.883. The number of hydrogen-bond donors (Lipinski definition) is 1. The Morgan fingerprint density at radius 3 is 2.68 bits per heavy atom. The zero-order valence-corrected chi connectivity index (χ0v) is 11.3. The predicted octanol–water partition coefficient (Wildman–Crippen LogP) is 3.15. The summed E-state index contributed by atoms with van der Waals surface area (Å²) >= 11 is 0. The van der Waals surface area contributed by atoms with Gasteiger partial charge >= 0.3 is 0 Å². The van der Waals surface area contributed by atoms with E-state index in [0.29, 0.717) is 6.04 Å². The van der Waals surface area contributed by atoms with Crippen molar-refractivity contribution in [1.82, 2.24) is 5.32 Å². The summed E-state index contributed by atoms with van der Waals surface area (Å²) in [5.41, 5.74) is 4.04. The molecule has 1 saturated heterocycles. The topological polar surface area (TPSA) is 15.3 Å². The van der Waals surface area contributed by atoms with Crippen LogP contribution in [0.15, 0.2) is 54.6 Å². The molecule has 2 nitrogen and oxygen atoms in total. The second-order valence-corrected chi connectivity index (χ2v) is 5.16. The Kier molecular flexibility index (Phi) is 3.51. The van der Waals surface area contributed by atoms with Crippen LogP contribution in [0.1, 0.15) is 17.2 Å². The largest absolute Gasteiger partial charge is 0.362 e. The molecule has 3 rings (SSSR count). The molecule has 1 N–H and O–H groups in total. The Morgan fingerprint density at radius 2 is 1.89 bits per heavy atom. The molecule has 0 amide bonds. The maximum Gasteiger partial charge on any atom is 0.0667 e. The lowest BCUT2D eigenvalue weighted by atomic mass is 10.0. The van der Waals surface area contributed by atoms with E-state index in [4.69, 9.17) is 0 Å². The highest BCUT2D eigenvalue weighted by atomic mass is 15.2. The third kappa shape index (κ3) is 2.64. The summed E-state index contributed by atoms with van der Waals surface area (Å²) in [4.78, 5) is 2.51. The zero-order valence-electron chi connectivity index (χ0n) is 11.3. The lowest BCUT2D eigenvalue weighted by Crippen LogP contribution is -2.46. The minimum absolute atomic E-state index is 0.427. The van der Waals surface area contributed by atoms with Crippen molar-refractivity contribution in [1.29, 1.82) is 0 Å². The molecule has 0 aliphatic carbocycles. The summed E-state index contributed by atoms with van der Waals surface area (Å²) in [6, 6.07) is 20.0. The molecule has 1 fully saturated rings. The van der Waals surface area contributed by atoms with Crippen molar-refractivity contribution in [3.05, 3.63) is 65.7 Å². The van der Waals surface area contributed by atoms with E-state index < -0.39 is 0 Å². The molecule has 19 heavy (non-hydrogen) atoms. The van der Waals surface area contributed by atoms with Crippen LogP contribution in [-0.4, -0.2) is 19.6 Å². The van der Waals surface area contributed by atoms with Gasteiger partial charge in [-0.3, -0.25) is 0 Å². The van der Waals surface area contributed by atoms with Gasteiger partial charge < -0.3 is 10.2 Å². The van der Waals surface area contributed by atoms with Crippen LogP contribution in [0.2, 0.25) is 0 Å². The first-order chi connectivity index (χ1) is 9.34. The summed E-state index contributed by atoms with van der Waals surface area (Å²) in [5.74, 6) is 0. The van der Waals surface area contributed by atoms with Gasteiger partial charge in [-0.05, 0) is 24.6 Å². The van der Waals surface area contributed by atoms with E-state index in [2.05, 4.69) is 71.7 Å². The normalized spacial score (nSPS) is 19.4. The zero-order chi connectivity index (χ0) is 13.1. The van der Waals surface area contributed by atoms with Crippen molar-refractivity contribution in [2.45, 2.75) is 13.0 Å². The van der Waals surface area contributed by atoms with E-state index in [-0.39, 0.29) is 0 Å². The van der Waals surface area contributed by atoms with Crippen LogP contribution in [0, 0.1) is 6.92 Å². The molecule has 2 heteroatoms. The lowest BCUT2D eigenvalue weighted by Gasteiger charge is -2.38. The summed E-state index contributed by atoms with van der Waals surface area (Å²) in [5, 5.41) is 3.51. The number of nitrogens with one attached hydrogen (secondary N) is 1. The average molecular weight is 252 g/mol. The predicted molar refractivity (Wildman–Crippen MR) is 80.6 cm³/mol. The third-order valence-corrected chi connectivity index (χ3v) is 3.76. The summed E-state index contributed by atoms with van der Waals surface area (Å²) in [6.07, 6.45) is 0. The number of para-hydroxylation sites is 1. The van der Waals surface area contributed by atoms with Crippen LogP contribution in [0.25, 0.3) is 0 Å². The fourth-order valence-electron chi connectivity index (χ4n) is 2.81. The number of benzene rings is 2. The average Bonchev–Trinajstić information content (AvgIpc) is 2.48. The molecule has 2 aromatic rings. The Hall–Kier alpha value is -1.80. The highest BCUT2D eigenvalue weighted by molar-refractivity contribution is 5.49. The molecule has 98 valence electrons. The highest BCUT2D eigenvalue weighted by Crippen LogP contribution is 2.28. The minimum atomic E-state index is 0.427. The molecule has 0 radical (unpaired) electrons. The van der Waals surface area contributed by atoms with E-state index in [0.717, 1.165) is 19.6 Å². The van der Waals surface area contributed by atoms with Gasteiger partial charge in [0.1, 0.15) is 0 Å². The van der Waals surface area contributed by atoms with Crippen molar-refractivity contribution in [2.75, 3.05) is 24.5 Å². The van der Waals surface area contributed by atoms with Crippen molar-refractivity contribution in [3.8, 4) is 0 Å². The van der Waals surface area contributed by atoms with E-state index >= 15 is 0 Å². The number of nitrogens with zero attached hydrogens (tertiary/aromatic N) is 1. The smallest absolute Gasteiger partial charge is 0.0667 e. The standard InChI is InChI=1S/C17H20N2/c1-14-6-5-7-15(12-14)17-13-18-10-11-19(17)16-8-3-2-4-9-16/h2-9,12,17-18H,10-11,13H2,1H3. The fraction of sp³-hybridized carbons (Fsp3) is 0.294. The van der Waals surface area contributed by atoms with Gasteiger partial charge in [0.15, 0.2) is 0 Å². The van der Waals surface area contributed by atoms with Crippen LogP contribution in [0.4, 0.5) is 5.69 Å². The molecular formula is C17H20N2. The summed E-state index contributed by atoms with van der Waals surface area (Å²) < 4.78 is 0. The maximum absolute atomic E-state index is 3.51. The van der Waals surface area contributed by atoms with Crippen molar-refractivity contribution in [3.63, 3.8) is 0 Å². The molecule has 0 spiro atoms. The molecule has 2 aromatic carbocycles. The van der Waals surface area contributed by atoms with Gasteiger partial charge in [-0.2, -0.15) is 0 Å². The van der Waals surface area contributed by atoms with Gasteiger partial charge in [-0.15, -0.1) is 0 Å². The van der Waals surface area contributed by atoms with Crippen LogP contribution in [0.5, 0.6) is 0 Å². The van der Waals surface area contributed by atoms with Gasteiger partial charge in [0, 0.05) is 25.3 Å².